The van der Waals surface area contributed by atoms with Crippen LogP contribution in [0.15, 0.2) is 60.7 Å². The molecule has 0 saturated carbocycles. The van der Waals surface area contributed by atoms with Crippen LogP contribution >= 0.6 is 0 Å². The fourth-order valence-electron chi connectivity index (χ4n) is 4.15. The molecule has 7 nitrogen and oxygen atoms in total. The van der Waals surface area contributed by atoms with Crippen LogP contribution in [0.5, 0.6) is 17.2 Å². The molecule has 0 aromatic heterocycles. The van der Waals surface area contributed by atoms with Gasteiger partial charge in [-0.1, -0.05) is 18.2 Å². The van der Waals surface area contributed by atoms with Gasteiger partial charge in [-0.15, -0.1) is 0 Å². The maximum absolute atomic E-state index is 13.3. The van der Waals surface area contributed by atoms with E-state index in [9.17, 15) is 14.0 Å². The zero-order valence-electron chi connectivity index (χ0n) is 19.1. The van der Waals surface area contributed by atoms with Crippen LogP contribution in [-0.4, -0.2) is 38.0 Å². The van der Waals surface area contributed by atoms with Crippen LogP contribution in [0.4, 0.5) is 10.1 Å². The number of amides is 2. The highest BCUT2D eigenvalue weighted by molar-refractivity contribution is 5.99. The third kappa shape index (κ3) is 4.52. The lowest BCUT2D eigenvalue weighted by Crippen LogP contribution is -2.32. The quantitative estimate of drug-likeness (QED) is 0.528. The van der Waals surface area contributed by atoms with Crippen molar-refractivity contribution in [2.45, 2.75) is 19.0 Å². The van der Waals surface area contributed by atoms with Crippen LogP contribution < -0.4 is 19.5 Å². The van der Waals surface area contributed by atoms with Crippen molar-refractivity contribution in [1.82, 2.24) is 4.90 Å². The van der Waals surface area contributed by atoms with E-state index in [0.717, 1.165) is 5.56 Å². The molecule has 1 N–H and O–H groups in total. The van der Waals surface area contributed by atoms with Crippen LogP contribution in [-0.2, 0) is 11.3 Å². The molecule has 34 heavy (non-hydrogen) atoms. The molecule has 3 aromatic rings. The van der Waals surface area contributed by atoms with E-state index >= 15 is 0 Å². The maximum Gasteiger partial charge on any atom is 0.255 e. The van der Waals surface area contributed by atoms with E-state index in [4.69, 9.17) is 14.2 Å². The predicted molar refractivity (Wildman–Crippen MR) is 125 cm³/mol. The minimum atomic E-state index is -0.617. The molecule has 8 heteroatoms. The summed E-state index contributed by atoms with van der Waals surface area (Å²) in [5, 5.41) is 2.78. The first-order valence-electron chi connectivity index (χ1n) is 10.7. The minimum Gasteiger partial charge on any atom is -0.493 e. The first-order valence-corrected chi connectivity index (χ1v) is 10.7. The summed E-state index contributed by atoms with van der Waals surface area (Å²) in [6.45, 7) is 0.361. The van der Waals surface area contributed by atoms with Gasteiger partial charge in [0.15, 0.2) is 11.5 Å². The first-order chi connectivity index (χ1) is 16.4. The molecule has 1 aliphatic rings. The highest BCUT2D eigenvalue weighted by Gasteiger charge is 2.35. The molecular formula is C26H25FN2O5. The second kappa shape index (κ2) is 9.82. The number of anilines is 1. The molecule has 0 fully saturated rings. The molecule has 0 aliphatic carbocycles. The summed E-state index contributed by atoms with van der Waals surface area (Å²) in [5.41, 5.74) is 2.62. The highest BCUT2D eigenvalue weighted by Crippen LogP contribution is 2.43. The number of benzene rings is 3. The zero-order chi connectivity index (χ0) is 24.2. The summed E-state index contributed by atoms with van der Waals surface area (Å²) in [5.74, 6) is 0.376. The SMILES string of the molecule is COc1cc(C(CC(=O)Nc2ccc(F)cc2)N2Cc3ccccc3C2=O)cc(OC)c1OC. The summed E-state index contributed by atoms with van der Waals surface area (Å²) in [6, 6.07) is 15.8. The molecule has 1 aliphatic heterocycles. The molecule has 0 bridgehead atoms. The van der Waals surface area contributed by atoms with Gasteiger partial charge in [0.2, 0.25) is 11.7 Å². The van der Waals surface area contributed by atoms with Gasteiger partial charge in [-0.3, -0.25) is 9.59 Å². The third-order valence-electron chi connectivity index (χ3n) is 5.80. The third-order valence-corrected chi connectivity index (χ3v) is 5.80. The van der Waals surface area contributed by atoms with Gasteiger partial charge in [0.1, 0.15) is 5.82 Å². The number of carbonyl (C=O) groups excluding carboxylic acids is 2. The lowest BCUT2D eigenvalue weighted by atomic mass is 10.00. The van der Waals surface area contributed by atoms with Crippen molar-refractivity contribution in [3.8, 4) is 17.2 Å². The second-order valence-corrected chi connectivity index (χ2v) is 7.82. The molecule has 1 atom stereocenters. The number of rotatable bonds is 8. The Morgan fingerprint density at radius 3 is 2.24 bits per heavy atom. The predicted octanol–water partition coefficient (Wildman–Crippen LogP) is 4.58. The molecule has 176 valence electrons. The van der Waals surface area contributed by atoms with Crippen molar-refractivity contribution in [3.05, 3.63) is 83.2 Å². The number of hydrogen-bond donors (Lipinski definition) is 1. The summed E-state index contributed by atoms with van der Waals surface area (Å²) in [7, 11) is 4.52. The second-order valence-electron chi connectivity index (χ2n) is 7.82. The van der Waals surface area contributed by atoms with Gasteiger partial charge in [-0.05, 0) is 53.6 Å². The smallest absolute Gasteiger partial charge is 0.255 e. The summed E-state index contributed by atoms with van der Waals surface area (Å²) < 4.78 is 29.6. The van der Waals surface area contributed by atoms with E-state index in [0.29, 0.717) is 40.6 Å². The number of halogens is 1. The molecular weight excluding hydrogens is 439 g/mol. The molecule has 1 heterocycles. The van der Waals surface area contributed by atoms with Gasteiger partial charge in [0.05, 0.1) is 33.8 Å². The topological polar surface area (TPSA) is 77.1 Å². The Balaban J connectivity index is 1.71. The van der Waals surface area contributed by atoms with E-state index in [2.05, 4.69) is 5.32 Å². The Bertz CT molecular complexity index is 1190. The van der Waals surface area contributed by atoms with Gasteiger partial charge in [-0.2, -0.15) is 0 Å². The Kier molecular flexibility index (Phi) is 6.67. The average Bonchev–Trinajstić information content (AvgIpc) is 3.19. The number of methoxy groups -OCH3 is 3. The van der Waals surface area contributed by atoms with Gasteiger partial charge in [0.25, 0.3) is 5.91 Å². The van der Waals surface area contributed by atoms with Crippen molar-refractivity contribution in [1.29, 1.82) is 0 Å². The molecule has 1 unspecified atom stereocenters. The van der Waals surface area contributed by atoms with Crippen LogP contribution in [0, 0.1) is 5.82 Å². The molecule has 4 rings (SSSR count). The van der Waals surface area contributed by atoms with E-state index in [1.165, 1.54) is 45.6 Å². The number of fused-ring (bicyclic) bond motifs is 1. The van der Waals surface area contributed by atoms with Crippen molar-refractivity contribution in [2.24, 2.45) is 0 Å². The number of hydrogen-bond acceptors (Lipinski definition) is 5. The van der Waals surface area contributed by atoms with E-state index in [-0.39, 0.29) is 18.2 Å². The van der Waals surface area contributed by atoms with Crippen molar-refractivity contribution < 1.29 is 28.2 Å². The normalized spacial score (nSPS) is 13.3. The van der Waals surface area contributed by atoms with E-state index < -0.39 is 11.9 Å². The van der Waals surface area contributed by atoms with Crippen molar-refractivity contribution in [2.75, 3.05) is 26.6 Å². The van der Waals surface area contributed by atoms with Crippen LogP contribution in [0.25, 0.3) is 0 Å². The summed E-state index contributed by atoms with van der Waals surface area (Å²) in [6.07, 6.45) is -0.0320. The molecule has 0 spiro atoms. The largest absolute Gasteiger partial charge is 0.493 e. The monoisotopic (exact) mass is 464 g/mol. The Labute approximate surface area is 197 Å². The fraction of sp³-hybridized carbons (Fsp3) is 0.231. The lowest BCUT2D eigenvalue weighted by molar-refractivity contribution is -0.117. The van der Waals surface area contributed by atoms with Crippen molar-refractivity contribution in [3.63, 3.8) is 0 Å². The fourth-order valence-corrected chi connectivity index (χ4v) is 4.15. The molecule has 0 radical (unpaired) electrons. The Morgan fingerprint density at radius 2 is 1.65 bits per heavy atom. The van der Waals surface area contributed by atoms with Crippen molar-refractivity contribution >= 4 is 17.5 Å². The maximum atomic E-state index is 13.3. The van der Waals surface area contributed by atoms with Crippen LogP contribution in [0.1, 0.15) is 33.9 Å². The van der Waals surface area contributed by atoms with Gasteiger partial charge in [-0.25, -0.2) is 4.39 Å². The standard InChI is InChI=1S/C26H25FN2O5/c1-32-22-12-17(13-23(33-2)25(22)34-3)21(14-24(30)28-19-10-8-18(27)9-11-19)29-15-16-6-4-5-7-20(16)26(29)31/h4-13,21H,14-15H2,1-3H3,(H,28,30). The van der Waals surface area contributed by atoms with Gasteiger partial charge < -0.3 is 24.4 Å². The number of ether oxygens (including phenoxy) is 3. The molecule has 2 amide bonds. The Hall–Kier alpha value is -4.07. The first kappa shape index (κ1) is 23.1. The summed E-state index contributed by atoms with van der Waals surface area (Å²) in [4.78, 5) is 28.0. The Morgan fingerprint density at radius 1 is 1.00 bits per heavy atom. The number of nitrogens with one attached hydrogen (secondary N) is 1. The van der Waals surface area contributed by atoms with Gasteiger partial charge >= 0.3 is 0 Å². The van der Waals surface area contributed by atoms with E-state index in [1.54, 1.807) is 23.1 Å². The number of carbonyl (C=O) groups is 2. The average molecular weight is 464 g/mol. The summed E-state index contributed by atoms with van der Waals surface area (Å²) >= 11 is 0. The highest BCUT2D eigenvalue weighted by atomic mass is 19.1. The van der Waals surface area contributed by atoms with E-state index in [1.807, 2.05) is 18.2 Å². The van der Waals surface area contributed by atoms with Crippen LogP contribution in [0.2, 0.25) is 0 Å². The molecule has 0 saturated heterocycles. The zero-order valence-corrected chi connectivity index (χ0v) is 19.1. The molecule has 3 aromatic carbocycles. The number of nitrogens with zero attached hydrogens (tertiary/aromatic N) is 1. The van der Waals surface area contributed by atoms with Crippen LogP contribution in [0.3, 0.4) is 0 Å². The lowest BCUT2D eigenvalue weighted by Gasteiger charge is -2.29. The van der Waals surface area contributed by atoms with Gasteiger partial charge in [0, 0.05) is 17.8 Å². The minimum absolute atomic E-state index is 0.0320.